The van der Waals surface area contributed by atoms with Gasteiger partial charge in [0.25, 0.3) is 0 Å². The molecule has 1 heterocycles. The van der Waals surface area contributed by atoms with Crippen molar-refractivity contribution < 1.29 is 4.39 Å². The van der Waals surface area contributed by atoms with E-state index in [0.717, 1.165) is 24.2 Å². The van der Waals surface area contributed by atoms with Crippen LogP contribution < -0.4 is 0 Å². The van der Waals surface area contributed by atoms with E-state index in [4.69, 9.17) is 5.41 Å². The summed E-state index contributed by atoms with van der Waals surface area (Å²) in [6.45, 7) is 1.61. The summed E-state index contributed by atoms with van der Waals surface area (Å²) < 4.78 is 13.3. The Bertz CT molecular complexity index is 533. The van der Waals surface area contributed by atoms with Crippen molar-refractivity contribution in [2.45, 2.75) is 37.8 Å². The first-order chi connectivity index (χ1) is 9.52. The first-order valence-corrected chi connectivity index (χ1v) is 7.32. The Morgan fingerprint density at radius 3 is 2.65 bits per heavy atom. The van der Waals surface area contributed by atoms with Crippen LogP contribution >= 0.6 is 0 Å². The predicted octanol–water partition coefficient (Wildman–Crippen LogP) is 2.84. The Balaban J connectivity index is 1.82. The standard InChI is InChI=1S/C16H22FN3/c1-19(2)16(7-3-4-8-16)11-20-10-12-5-6-13(17)9-14(12)15(20)18/h5-6,9,18H,3-4,7-8,10-11H2,1-2H3. The van der Waals surface area contributed by atoms with Gasteiger partial charge in [-0.15, -0.1) is 0 Å². The predicted molar refractivity (Wildman–Crippen MR) is 78.5 cm³/mol. The molecule has 1 saturated carbocycles. The molecule has 0 atom stereocenters. The maximum atomic E-state index is 13.3. The molecule has 1 fully saturated rings. The minimum atomic E-state index is -0.251. The van der Waals surface area contributed by atoms with E-state index in [1.54, 1.807) is 0 Å². The Hall–Kier alpha value is -1.42. The number of halogens is 1. The smallest absolute Gasteiger partial charge is 0.128 e. The maximum Gasteiger partial charge on any atom is 0.128 e. The summed E-state index contributed by atoms with van der Waals surface area (Å²) >= 11 is 0. The lowest BCUT2D eigenvalue weighted by atomic mass is 9.95. The average molecular weight is 275 g/mol. The molecule has 0 amide bonds. The van der Waals surface area contributed by atoms with Crippen molar-refractivity contribution in [1.29, 1.82) is 5.41 Å². The van der Waals surface area contributed by atoms with Crippen molar-refractivity contribution >= 4 is 5.84 Å². The van der Waals surface area contributed by atoms with Gasteiger partial charge in [-0.3, -0.25) is 5.41 Å². The van der Waals surface area contributed by atoms with Gasteiger partial charge in [-0.05, 0) is 44.6 Å². The van der Waals surface area contributed by atoms with Crippen molar-refractivity contribution in [3.8, 4) is 0 Å². The molecule has 0 unspecified atom stereocenters. The summed E-state index contributed by atoms with van der Waals surface area (Å²) in [6, 6.07) is 4.80. The number of fused-ring (bicyclic) bond motifs is 1. The molecule has 108 valence electrons. The Morgan fingerprint density at radius 1 is 1.30 bits per heavy atom. The van der Waals surface area contributed by atoms with E-state index in [9.17, 15) is 4.39 Å². The van der Waals surface area contributed by atoms with Gasteiger partial charge >= 0.3 is 0 Å². The van der Waals surface area contributed by atoms with Crippen LogP contribution in [0.25, 0.3) is 0 Å². The van der Waals surface area contributed by atoms with E-state index in [1.807, 2.05) is 6.07 Å². The van der Waals surface area contributed by atoms with E-state index in [-0.39, 0.29) is 11.4 Å². The van der Waals surface area contributed by atoms with Crippen LogP contribution in [0.3, 0.4) is 0 Å². The van der Waals surface area contributed by atoms with Gasteiger partial charge in [0.05, 0.1) is 0 Å². The molecule has 1 N–H and O–H groups in total. The number of nitrogens with zero attached hydrogens (tertiary/aromatic N) is 2. The topological polar surface area (TPSA) is 30.3 Å². The summed E-state index contributed by atoms with van der Waals surface area (Å²) in [5.41, 5.74) is 2.01. The molecule has 1 aliphatic heterocycles. The molecule has 1 aromatic rings. The molecule has 0 spiro atoms. The zero-order valence-electron chi connectivity index (χ0n) is 12.2. The van der Waals surface area contributed by atoms with Crippen molar-refractivity contribution in [3.05, 3.63) is 35.1 Å². The number of nitrogens with one attached hydrogen (secondary N) is 1. The largest absolute Gasteiger partial charge is 0.350 e. The van der Waals surface area contributed by atoms with Gasteiger partial charge in [0.2, 0.25) is 0 Å². The minimum absolute atomic E-state index is 0.173. The number of rotatable bonds is 3. The van der Waals surface area contributed by atoms with Crippen LogP contribution in [0, 0.1) is 11.2 Å². The van der Waals surface area contributed by atoms with Crippen LogP contribution in [0.2, 0.25) is 0 Å². The summed E-state index contributed by atoms with van der Waals surface area (Å²) in [4.78, 5) is 4.42. The molecule has 0 radical (unpaired) electrons. The summed E-state index contributed by atoms with van der Waals surface area (Å²) in [7, 11) is 4.27. The number of hydrogen-bond donors (Lipinski definition) is 1. The van der Waals surface area contributed by atoms with E-state index in [0.29, 0.717) is 5.84 Å². The lowest BCUT2D eigenvalue weighted by Gasteiger charge is -2.40. The molecule has 0 saturated heterocycles. The second-order valence-corrected chi connectivity index (χ2v) is 6.33. The lowest BCUT2D eigenvalue weighted by Crippen LogP contribution is -2.51. The Labute approximate surface area is 119 Å². The molecule has 1 aliphatic carbocycles. The molecule has 3 rings (SSSR count). The van der Waals surface area contributed by atoms with Crippen LogP contribution in [0.5, 0.6) is 0 Å². The van der Waals surface area contributed by atoms with Crippen molar-refractivity contribution in [3.63, 3.8) is 0 Å². The van der Waals surface area contributed by atoms with E-state index in [1.165, 1.54) is 37.8 Å². The van der Waals surface area contributed by atoms with Crippen LogP contribution in [0.1, 0.15) is 36.8 Å². The van der Waals surface area contributed by atoms with Crippen LogP contribution in [-0.4, -0.2) is 41.8 Å². The monoisotopic (exact) mass is 275 g/mol. The normalized spacial score (nSPS) is 20.8. The van der Waals surface area contributed by atoms with E-state index in [2.05, 4.69) is 23.9 Å². The van der Waals surface area contributed by atoms with E-state index >= 15 is 0 Å². The molecule has 0 bridgehead atoms. The van der Waals surface area contributed by atoms with Gasteiger partial charge in [-0.2, -0.15) is 0 Å². The number of hydrogen-bond acceptors (Lipinski definition) is 2. The van der Waals surface area contributed by atoms with Gasteiger partial charge in [0, 0.05) is 24.2 Å². The quantitative estimate of drug-likeness (QED) is 0.919. The number of likely N-dealkylation sites (N-methyl/N-ethyl adjacent to an activating group) is 1. The summed E-state index contributed by atoms with van der Waals surface area (Å²) in [5, 5.41) is 8.32. The van der Waals surface area contributed by atoms with Crippen LogP contribution in [0.4, 0.5) is 4.39 Å². The first kappa shape index (κ1) is 13.6. The maximum absolute atomic E-state index is 13.3. The van der Waals surface area contributed by atoms with Gasteiger partial charge in [0.1, 0.15) is 11.7 Å². The van der Waals surface area contributed by atoms with Gasteiger partial charge in [0.15, 0.2) is 0 Å². The molecular formula is C16H22FN3. The summed E-state index contributed by atoms with van der Waals surface area (Å²) in [6.07, 6.45) is 4.91. The fourth-order valence-corrected chi connectivity index (χ4v) is 3.63. The van der Waals surface area contributed by atoms with Gasteiger partial charge in [-0.1, -0.05) is 18.9 Å². The first-order valence-electron chi connectivity index (χ1n) is 7.32. The SMILES string of the molecule is CN(C)C1(CN2Cc3ccc(F)cc3C2=N)CCCC1. The van der Waals surface area contributed by atoms with E-state index < -0.39 is 0 Å². The highest BCUT2D eigenvalue weighted by Gasteiger charge is 2.39. The number of amidine groups is 1. The average Bonchev–Trinajstić information content (AvgIpc) is 2.99. The lowest BCUT2D eigenvalue weighted by molar-refractivity contribution is 0.122. The third kappa shape index (κ3) is 2.12. The molecule has 3 nitrogen and oxygen atoms in total. The summed E-state index contributed by atoms with van der Waals surface area (Å²) in [5.74, 6) is 0.228. The van der Waals surface area contributed by atoms with Gasteiger partial charge < -0.3 is 9.80 Å². The molecule has 2 aliphatic rings. The third-order valence-corrected chi connectivity index (χ3v) is 4.97. The fraction of sp³-hybridized carbons (Fsp3) is 0.562. The number of benzene rings is 1. The molecule has 0 aromatic heterocycles. The molecule has 20 heavy (non-hydrogen) atoms. The minimum Gasteiger partial charge on any atom is -0.350 e. The Morgan fingerprint density at radius 2 is 2.00 bits per heavy atom. The van der Waals surface area contributed by atoms with Crippen LogP contribution in [-0.2, 0) is 6.54 Å². The highest BCUT2D eigenvalue weighted by Crippen LogP contribution is 2.36. The molecular weight excluding hydrogens is 253 g/mol. The zero-order chi connectivity index (χ0) is 14.3. The van der Waals surface area contributed by atoms with Crippen molar-refractivity contribution in [2.75, 3.05) is 20.6 Å². The highest BCUT2D eigenvalue weighted by molar-refractivity contribution is 6.00. The fourth-order valence-electron chi connectivity index (χ4n) is 3.63. The van der Waals surface area contributed by atoms with Gasteiger partial charge in [-0.25, -0.2) is 4.39 Å². The van der Waals surface area contributed by atoms with Crippen molar-refractivity contribution in [2.24, 2.45) is 0 Å². The third-order valence-electron chi connectivity index (χ3n) is 4.97. The zero-order valence-corrected chi connectivity index (χ0v) is 12.2. The van der Waals surface area contributed by atoms with Crippen LogP contribution in [0.15, 0.2) is 18.2 Å². The second kappa shape index (κ2) is 4.85. The molecule has 4 heteroatoms. The Kier molecular flexibility index (Phi) is 3.28. The second-order valence-electron chi connectivity index (χ2n) is 6.33. The molecule has 1 aromatic carbocycles. The van der Waals surface area contributed by atoms with Crippen molar-refractivity contribution in [1.82, 2.24) is 9.80 Å². The highest BCUT2D eigenvalue weighted by atomic mass is 19.1.